The van der Waals surface area contributed by atoms with Crippen molar-refractivity contribution in [2.75, 3.05) is 0 Å². The summed E-state index contributed by atoms with van der Waals surface area (Å²) in [5.74, 6) is 0. The fourth-order valence-corrected chi connectivity index (χ4v) is 3.37. The molecule has 1 fully saturated rings. The number of rotatable bonds is 0. The van der Waals surface area contributed by atoms with Crippen molar-refractivity contribution in [3.05, 3.63) is 11.0 Å². The molecular weight excluding hydrogens is 140 g/mol. The van der Waals surface area contributed by atoms with E-state index in [2.05, 4.69) is 31.7 Å². The second-order valence-electron chi connectivity index (χ2n) is 3.64. The molecule has 1 heterocycles. The van der Waals surface area contributed by atoms with Gasteiger partial charge in [0.15, 0.2) is 0 Å². The molecule has 1 unspecified atom stereocenters. The minimum Gasteiger partial charge on any atom is -0.126 e. The molecule has 0 saturated carbocycles. The largest absolute Gasteiger partial charge is 0.126 e. The van der Waals surface area contributed by atoms with Gasteiger partial charge in [0.2, 0.25) is 0 Å². The summed E-state index contributed by atoms with van der Waals surface area (Å²) in [5, 5.41) is 0.874. The van der Waals surface area contributed by atoms with E-state index < -0.39 is 0 Å². The zero-order valence-electron chi connectivity index (χ0n) is 6.68. The van der Waals surface area contributed by atoms with Crippen LogP contribution in [0, 0.1) is 5.41 Å². The van der Waals surface area contributed by atoms with Gasteiger partial charge < -0.3 is 0 Å². The summed E-state index contributed by atoms with van der Waals surface area (Å²) in [5.41, 5.74) is 0.600. The molecule has 1 aliphatic carbocycles. The van der Waals surface area contributed by atoms with Gasteiger partial charge in [-0.1, -0.05) is 19.9 Å². The molecule has 0 radical (unpaired) electrons. The van der Waals surface area contributed by atoms with Crippen LogP contribution < -0.4 is 0 Å². The Labute approximate surface area is 67.1 Å². The van der Waals surface area contributed by atoms with Crippen LogP contribution >= 0.6 is 11.8 Å². The van der Waals surface area contributed by atoms with Gasteiger partial charge in [0, 0.05) is 10.7 Å². The van der Waals surface area contributed by atoms with Crippen LogP contribution in [0.2, 0.25) is 0 Å². The smallest absolute Gasteiger partial charge is 0.0162 e. The lowest BCUT2D eigenvalue weighted by molar-refractivity contribution is 0.333. The molecule has 2 aliphatic rings. The maximum Gasteiger partial charge on any atom is 0.0162 e. The maximum absolute atomic E-state index is 2.44. The standard InChI is InChI=1S/C9H14S/c1-7-9(2)6-4-3-5-8(9)10-7/h5,7H,3-4,6H2,1-2H3/t7?,9-/m0/s1. The van der Waals surface area contributed by atoms with Crippen LogP contribution in [0.3, 0.4) is 0 Å². The second kappa shape index (κ2) is 2.04. The summed E-state index contributed by atoms with van der Waals surface area (Å²) in [6.07, 6.45) is 6.59. The van der Waals surface area contributed by atoms with E-state index in [4.69, 9.17) is 0 Å². The molecule has 1 heteroatoms. The summed E-state index contributed by atoms with van der Waals surface area (Å²) < 4.78 is 0. The predicted octanol–water partition coefficient (Wildman–Crippen LogP) is 3.20. The normalized spacial score (nSPS) is 45.4. The van der Waals surface area contributed by atoms with Crippen molar-refractivity contribution in [3.63, 3.8) is 0 Å². The van der Waals surface area contributed by atoms with Crippen LogP contribution in [-0.2, 0) is 0 Å². The average Bonchev–Trinajstić information content (AvgIpc) is 1.93. The predicted molar refractivity (Wildman–Crippen MR) is 47.1 cm³/mol. The number of allylic oxidation sites excluding steroid dienone is 2. The van der Waals surface area contributed by atoms with Gasteiger partial charge in [-0.2, -0.15) is 0 Å². The molecule has 0 aromatic heterocycles. The van der Waals surface area contributed by atoms with Gasteiger partial charge in [-0.15, -0.1) is 11.8 Å². The summed E-state index contributed by atoms with van der Waals surface area (Å²) in [6, 6.07) is 0. The first-order valence-electron chi connectivity index (χ1n) is 4.11. The lowest BCUT2D eigenvalue weighted by Crippen LogP contribution is -2.39. The first kappa shape index (κ1) is 6.78. The van der Waals surface area contributed by atoms with Crippen LogP contribution in [0.15, 0.2) is 11.0 Å². The van der Waals surface area contributed by atoms with Crippen molar-refractivity contribution < 1.29 is 0 Å². The van der Waals surface area contributed by atoms with Crippen LogP contribution in [0.5, 0.6) is 0 Å². The highest BCUT2D eigenvalue weighted by Gasteiger charge is 2.45. The summed E-state index contributed by atoms with van der Waals surface area (Å²) in [6.45, 7) is 4.77. The summed E-state index contributed by atoms with van der Waals surface area (Å²) >= 11 is 2.07. The second-order valence-corrected chi connectivity index (χ2v) is 5.02. The van der Waals surface area contributed by atoms with Crippen LogP contribution in [0.1, 0.15) is 33.1 Å². The molecule has 1 saturated heterocycles. The van der Waals surface area contributed by atoms with Crippen molar-refractivity contribution in [3.8, 4) is 0 Å². The Morgan fingerprint density at radius 2 is 2.50 bits per heavy atom. The fraction of sp³-hybridized carbons (Fsp3) is 0.778. The Hall–Kier alpha value is 0.0900. The molecule has 0 aromatic carbocycles. The first-order chi connectivity index (χ1) is 4.73. The molecule has 0 aromatic rings. The van der Waals surface area contributed by atoms with E-state index in [0.29, 0.717) is 5.41 Å². The minimum absolute atomic E-state index is 0.600. The fourth-order valence-electron chi connectivity index (χ4n) is 1.91. The topological polar surface area (TPSA) is 0 Å². The number of thioether (sulfide) groups is 1. The van der Waals surface area contributed by atoms with Crippen molar-refractivity contribution in [1.29, 1.82) is 0 Å². The third-order valence-corrected chi connectivity index (χ3v) is 4.75. The van der Waals surface area contributed by atoms with Gasteiger partial charge in [-0.25, -0.2) is 0 Å². The lowest BCUT2D eigenvalue weighted by Gasteiger charge is -2.49. The first-order valence-corrected chi connectivity index (χ1v) is 4.99. The minimum atomic E-state index is 0.600. The van der Waals surface area contributed by atoms with E-state index in [-0.39, 0.29) is 0 Å². The van der Waals surface area contributed by atoms with Crippen LogP contribution in [-0.4, -0.2) is 5.25 Å². The van der Waals surface area contributed by atoms with Gasteiger partial charge in [0.25, 0.3) is 0 Å². The molecule has 0 amide bonds. The van der Waals surface area contributed by atoms with E-state index in [9.17, 15) is 0 Å². The van der Waals surface area contributed by atoms with E-state index >= 15 is 0 Å². The molecule has 2 atom stereocenters. The van der Waals surface area contributed by atoms with Crippen molar-refractivity contribution >= 4 is 11.8 Å². The third-order valence-electron chi connectivity index (χ3n) is 2.99. The van der Waals surface area contributed by atoms with Crippen molar-refractivity contribution in [2.24, 2.45) is 5.41 Å². The Balaban J connectivity index is 2.25. The molecule has 56 valence electrons. The van der Waals surface area contributed by atoms with Gasteiger partial charge in [-0.05, 0) is 24.2 Å². The molecule has 10 heavy (non-hydrogen) atoms. The Morgan fingerprint density at radius 3 is 3.00 bits per heavy atom. The number of hydrogen-bond acceptors (Lipinski definition) is 1. The number of fused-ring (bicyclic) bond motifs is 1. The van der Waals surface area contributed by atoms with E-state index in [1.807, 2.05) is 0 Å². The monoisotopic (exact) mass is 154 g/mol. The average molecular weight is 154 g/mol. The molecule has 2 rings (SSSR count). The Morgan fingerprint density at radius 1 is 1.70 bits per heavy atom. The van der Waals surface area contributed by atoms with Crippen molar-refractivity contribution in [1.82, 2.24) is 0 Å². The van der Waals surface area contributed by atoms with Gasteiger partial charge in [0.05, 0.1) is 0 Å². The van der Waals surface area contributed by atoms with Crippen molar-refractivity contribution in [2.45, 2.75) is 38.4 Å². The Bertz CT molecular complexity index is 183. The van der Waals surface area contributed by atoms with E-state index in [1.165, 1.54) is 19.3 Å². The van der Waals surface area contributed by atoms with Gasteiger partial charge in [0.1, 0.15) is 0 Å². The zero-order chi connectivity index (χ0) is 7.19. The van der Waals surface area contributed by atoms with E-state index in [0.717, 1.165) is 5.25 Å². The summed E-state index contributed by atoms with van der Waals surface area (Å²) in [7, 11) is 0. The number of hydrogen-bond donors (Lipinski definition) is 0. The van der Waals surface area contributed by atoms with Gasteiger partial charge in [-0.3, -0.25) is 0 Å². The van der Waals surface area contributed by atoms with Crippen LogP contribution in [0.4, 0.5) is 0 Å². The highest BCUT2D eigenvalue weighted by atomic mass is 32.2. The lowest BCUT2D eigenvalue weighted by atomic mass is 9.77. The van der Waals surface area contributed by atoms with E-state index in [1.54, 1.807) is 4.91 Å². The molecule has 1 aliphatic heterocycles. The molecule has 0 nitrogen and oxygen atoms in total. The highest BCUT2D eigenvalue weighted by molar-refractivity contribution is 8.05. The third kappa shape index (κ3) is 0.701. The highest BCUT2D eigenvalue weighted by Crippen LogP contribution is 2.60. The molecule has 0 N–H and O–H groups in total. The van der Waals surface area contributed by atoms with Crippen LogP contribution in [0.25, 0.3) is 0 Å². The Kier molecular flexibility index (Phi) is 1.38. The molecular formula is C9H14S. The molecule has 0 bridgehead atoms. The quantitative estimate of drug-likeness (QED) is 0.516. The summed E-state index contributed by atoms with van der Waals surface area (Å²) in [4.78, 5) is 1.67. The molecule has 0 spiro atoms. The zero-order valence-corrected chi connectivity index (χ0v) is 7.50. The van der Waals surface area contributed by atoms with Gasteiger partial charge >= 0.3 is 0 Å². The SMILES string of the molecule is CC1SC2=CCCC[C@]21C. The maximum atomic E-state index is 2.44.